The van der Waals surface area contributed by atoms with Crippen molar-refractivity contribution < 1.29 is 5.11 Å². The van der Waals surface area contributed by atoms with Gasteiger partial charge < -0.3 is 5.11 Å². The fourth-order valence-corrected chi connectivity index (χ4v) is 0.651. The van der Waals surface area contributed by atoms with Gasteiger partial charge in [0.05, 0.1) is 12.1 Å². The van der Waals surface area contributed by atoms with E-state index in [2.05, 4.69) is 16.8 Å². The van der Waals surface area contributed by atoms with Gasteiger partial charge in [-0.2, -0.15) is 0 Å². The molecule has 0 atom stereocenters. The molecule has 1 heterocycles. The van der Waals surface area contributed by atoms with Gasteiger partial charge in [-0.1, -0.05) is 5.92 Å². The molecule has 0 radical (unpaired) electrons. The Hall–Kier alpha value is -1.20. The topological polar surface area (TPSA) is 33.1 Å². The highest BCUT2D eigenvalue weighted by atomic mass is 35.5. The molecule has 1 aromatic heterocycles. The van der Waals surface area contributed by atoms with Crippen molar-refractivity contribution in [1.82, 2.24) is 4.98 Å². The summed E-state index contributed by atoms with van der Waals surface area (Å²) < 4.78 is 0. The number of nitrogens with zero attached hydrogens (tertiary/aromatic N) is 1. The second-order valence-corrected chi connectivity index (χ2v) is 2.10. The molecule has 1 rings (SSSR count). The van der Waals surface area contributed by atoms with E-state index in [0.717, 1.165) is 0 Å². The maximum atomic E-state index is 8.85. The highest BCUT2D eigenvalue weighted by molar-refractivity contribution is 6.19. The highest BCUT2D eigenvalue weighted by Crippen LogP contribution is 2.04. The van der Waals surface area contributed by atoms with Crippen molar-refractivity contribution in [2.75, 3.05) is 5.88 Å². The number of aromatic hydroxyl groups is 1. The number of hydrogen-bond donors (Lipinski definition) is 1. The minimum atomic E-state index is 0.140. The summed E-state index contributed by atoms with van der Waals surface area (Å²) in [6.07, 6.45) is 1.35. The Morgan fingerprint density at radius 1 is 1.55 bits per heavy atom. The van der Waals surface area contributed by atoms with E-state index in [0.29, 0.717) is 11.6 Å². The van der Waals surface area contributed by atoms with Crippen LogP contribution in [0.15, 0.2) is 18.3 Å². The lowest BCUT2D eigenvalue weighted by Gasteiger charge is -1.88. The van der Waals surface area contributed by atoms with Crippen LogP contribution in [-0.4, -0.2) is 16.0 Å². The molecule has 0 aliphatic rings. The van der Waals surface area contributed by atoms with Crippen molar-refractivity contribution in [1.29, 1.82) is 0 Å². The van der Waals surface area contributed by atoms with Gasteiger partial charge in [-0.15, -0.1) is 11.6 Å². The average molecular weight is 168 g/mol. The molecule has 0 fully saturated rings. The Labute approximate surface area is 69.8 Å². The molecule has 1 N–H and O–H groups in total. The van der Waals surface area contributed by atoms with Gasteiger partial charge in [0.25, 0.3) is 0 Å². The third-order valence-electron chi connectivity index (χ3n) is 1.03. The quantitative estimate of drug-likeness (QED) is 0.468. The molecular formula is C8H6ClNO. The molecule has 0 saturated carbocycles. The maximum Gasteiger partial charge on any atom is 0.133 e. The van der Waals surface area contributed by atoms with Crippen LogP contribution in [0, 0.1) is 11.8 Å². The van der Waals surface area contributed by atoms with E-state index in [1.165, 1.54) is 12.3 Å². The third kappa shape index (κ3) is 2.48. The molecule has 56 valence electrons. The van der Waals surface area contributed by atoms with Crippen molar-refractivity contribution in [3.63, 3.8) is 0 Å². The summed E-state index contributed by atoms with van der Waals surface area (Å²) in [5.74, 6) is 5.81. The minimum Gasteiger partial charge on any atom is -0.506 e. The Balaban J connectivity index is 2.82. The number of rotatable bonds is 0. The smallest absolute Gasteiger partial charge is 0.133 e. The second-order valence-electron chi connectivity index (χ2n) is 1.84. The van der Waals surface area contributed by atoms with Crippen molar-refractivity contribution in [3.05, 3.63) is 24.0 Å². The predicted molar refractivity (Wildman–Crippen MR) is 43.5 cm³/mol. The number of alkyl halides is 1. The first-order valence-corrected chi connectivity index (χ1v) is 3.56. The zero-order valence-electron chi connectivity index (χ0n) is 5.71. The van der Waals surface area contributed by atoms with E-state index in [1.54, 1.807) is 6.07 Å². The highest BCUT2D eigenvalue weighted by Gasteiger charge is 1.87. The Kier molecular flexibility index (Phi) is 2.76. The van der Waals surface area contributed by atoms with Crippen LogP contribution < -0.4 is 0 Å². The Morgan fingerprint density at radius 3 is 2.91 bits per heavy atom. The van der Waals surface area contributed by atoms with Crippen LogP contribution in [0.4, 0.5) is 0 Å². The zero-order valence-corrected chi connectivity index (χ0v) is 6.47. The first-order chi connectivity index (χ1) is 5.33. The molecule has 0 spiro atoms. The molecule has 0 aliphatic heterocycles. The largest absolute Gasteiger partial charge is 0.506 e. The standard InChI is InChI=1S/C8H6ClNO/c9-5-1-2-7-3-4-8(11)6-10-7/h3-4,6,11H,5H2. The third-order valence-corrected chi connectivity index (χ3v) is 1.16. The summed E-state index contributed by atoms with van der Waals surface area (Å²) in [7, 11) is 0. The van der Waals surface area contributed by atoms with Gasteiger partial charge in [0.2, 0.25) is 0 Å². The van der Waals surface area contributed by atoms with Crippen LogP contribution >= 0.6 is 11.6 Å². The minimum absolute atomic E-state index is 0.140. The number of aromatic nitrogens is 1. The van der Waals surface area contributed by atoms with E-state index in [1.807, 2.05) is 0 Å². The van der Waals surface area contributed by atoms with Crippen molar-refractivity contribution >= 4 is 11.6 Å². The predicted octanol–water partition coefficient (Wildman–Crippen LogP) is 1.38. The van der Waals surface area contributed by atoms with E-state index in [9.17, 15) is 0 Å². The van der Waals surface area contributed by atoms with E-state index in [4.69, 9.17) is 16.7 Å². The molecule has 0 amide bonds. The van der Waals surface area contributed by atoms with Gasteiger partial charge >= 0.3 is 0 Å². The van der Waals surface area contributed by atoms with Crippen LogP contribution in [0.1, 0.15) is 5.69 Å². The lowest BCUT2D eigenvalue weighted by molar-refractivity contribution is 0.472. The summed E-state index contributed by atoms with van der Waals surface area (Å²) >= 11 is 5.33. The summed E-state index contributed by atoms with van der Waals surface area (Å²) in [5, 5.41) is 8.85. The fourth-order valence-electron chi connectivity index (χ4n) is 0.584. The van der Waals surface area contributed by atoms with Crippen LogP contribution in [0.25, 0.3) is 0 Å². The van der Waals surface area contributed by atoms with Crippen LogP contribution in [0.3, 0.4) is 0 Å². The summed E-state index contributed by atoms with van der Waals surface area (Å²) in [4.78, 5) is 3.83. The molecular weight excluding hydrogens is 162 g/mol. The van der Waals surface area contributed by atoms with Crippen LogP contribution in [-0.2, 0) is 0 Å². The Morgan fingerprint density at radius 2 is 2.36 bits per heavy atom. The SMILES string of the molecule is Oc1ccc(C#CCCl)nc1. The van der Waals surface area contributed by atoms with E-state index < -0.39 is 0 Å². The molecule has 0 unspecified atom stereocenters. The van der Waals surface area contributed by atoms with Gasteiger partial charge in [0.1, 0.15) is 11.4 Å². The van der Waals surface area contributed by atoms with E-state index in [-0.39, 0.29) is 5.75 Å². The van der Waals surface area contributed by atoms with Crippen molar-refractivity contribution in [3.8, 4) is 17.6 Å². The first-order valence-electron chi connectivity index (χ1n) is 3.03. The Bertz CT molecular complexity index is 283. The fraction of sp³-hybridized carbons (Fsp3) is 0.125. The molecule has 11 heavy (non-hydrogen) atoms. The van der Waals surface area contributed by atoms with Crippen molar-refractivity contribution in [2.45, 2.75) is 0 Å². The maximum absolute atomic E-state index is 8.85. The molecule has 0 bridgehead atoms. The van der Waals surface area contributed by atoms with Crippen LogP contribution in [0.2, 0.25) is 0 Å². The summed E-state index contributed by atoms with van der Waals surface area (Å²) in [6, 6.07) is 3.17. The van der Waals surface area contributed by atoms with Gasteiger partial charge in [-0.3, -0.25) is 0 Å². The molecule has 0 saturated heterocycles. The molecule has 0 aliphatic carbocycles. The average Bonchev–Trinajstić information content (AvgIpc) is 2.04. The normalized spacial score (nSPS) is 8.45. The lowest BCUT2D eigenvalue weighted by Crippen LogP contribution is -1.79. The van der Waals surface area contributed by atoms with Gasteiger partial charge in [-0.25, -0.2) is 4.98 Å². The summed E-state index contributed by atoms with van der Waals surface area (Å²) in [6.45, 7) is 0. The number of pyridine rings is 1. The lowest BCUT2D eigenvalue weighted by atomic mass is 10.3. The number of hydrogen-bond acceptors (Lipinski definition) is 2. The van der Waals surface area contributed by atoms with Crippen molar-refractivity contribution in [2.24, 2.45) is 0 Å². The molecule has 0 aromatic carbocycles. The molecule has 3 heteroatoms. The zero-order chi connectivity index (χ0) is 8.10. The van der Waals surface area contributed by atoms with Gasteiger partial charge in [0, 0.05) is 0 Å². The first kappa shape index (κ1) is 7.90. The van der Waals surface area contributed by atoms with E-state index >= 15 is 0 Å². The van der Waals surface area contributed by atoms with Gasteiger partial charge in [0.15, 0.2) is 0 Å². The summed E-state index contributed by atoms with van der Waals surface area (Å²) in [5.41, 5.74) is 0.614. The van der Waals surface area contributed by atoms with Gasteiger partial charge in [-0.05, 0) is 18.1 Å². The van der Waals surface area contributed by atoms with Crippen LogP contribution in [0.5, 0.6) is 5.75 Å². The molecule has 1 aromatic rings. The monoisotopic (exact) mass is 167 g/mol. The second kappa shape index (κ2) is 3.85. The number of halogens is 1. The molecule has 2 nitrogen and oxygen atoms in total.